The molecule has 0 saturated heterocycles. The molecule has 1 N–H and O–H groups in total. The van der Waals surface area contributed by atoms with E-state index in [9.17, 15) is 8.60 Å². The molecule has 5 heteroatoms. The van der Waals surface area contributed by atoms with Crippen LogP contribution in [0, 0.1) is 12.7 Å². The number of rotatable bonds is 4. The molecule has 118 valence electrons. The van der Waals surface area contributed by atoms with Crippen molar-refractivity contribution < 1.29 is 13.2 Å². The van der Waals surface area contributed by atoms with Crippen LogP contribution in [0.15, 0.2) is 60.8 Å². The molecule has 0 saturated carbocycles. The molecule has 1 aromatic heterocycles. The van der Waals surface area contributed by atoms with Crippen molar-refractivity contribution in [3.8, 4) is 16.9 Å². The fourth-order valence-corrected chi connectivity index (χ4v) is 3.03. The van der Waals surface area contributed by atoms with Crippen LogP contribution in [0.1, 0.15) is 11.1 Å². The zero-order valence-electron chi connectivity index (χ0n) is 12.6. The molecule has 1 unspecified atom stereocenters. The van der Waals surface area contributed by atoms with Crippen molar-refractivity contribution >= 4 is 11.1 Å². The van der Waals surface area contributed by atoms with E-state index in [1.807, 2.05) is 42.0 Å². The quantitative estimate of drug-likeness (QED) is 0.725. The second kappa shape index (κ2) is 6.48. The summed E-state index contributed by atoms with van der Waals surface area (Å²) in [6, 6.07) is 16.0. The standard InChI is InChI=1S/C18H16FNO2S/c1-13-10-18(15-4-2-14(3-5-15)12-23(21)22)20(11-13)17-8-6-16(19)7-9-17/h2-11H,12H2,1H3,(H,21,22). The number of nitrogens with zero attached hydrogens (tertiary/aromatic N) is 1. The molecular weight excluding hydrogens is 313 g/mol. The molecule has 0 radical (unpaired) electrons. The smallest absolute Gasteiger partial charge is 0.157 e. The fourth-order valence-electron chi connectivity index (χ4n) is 2.55. The maximum absolute atomic E-state index is 13.1. The molecule has 0 aliphatic carbocycles. The van der Waals surface area contributed by atoms with Crippen LogP contribution >= 0.6 is 0 Å². The van der Waals surface area contributed by atoms with E-state index in [1.165, 1.54) is 12.1 Å². The first kappa shape index (κ1) is 15.6. The molecule has 1 atom stereocenters. The molecule has 0 fully saturated rings. The monoisotopic (exact) mass is 329 g/mol. The molecule has 0 aliphatic heterocycles. The van der Waals surface area contributed by atoms with E-state index in [2.05, 4.69) is 6.07 Å². The Morgan fingerprint density at radius 3 is 2.35 bits per heavy atom. The molecule has 23 heavy (non-hydrogen) atoms. The van der Waals surface area contributed by atoms with E-state index >= 15 is 0 Å². The first-order chi connectivity index (χ1) is 11.0. The fraction of sp³-hybridized carbons (Fsp3) is 0.111. The van der Waals surface area contributed by atoms with Gasteiger partial charge in [-0.15, -0.1) is 0 Å². The van der Waals surface area contributed by atoms with Gasteiger partial charge in [-0.1, -0.05) is 24.3 Å². The lowest BCUT2D eigenvalue weighted by Gasteiger charge is -2.10. The number of aromatic nitrogens is 1. The average Bonchev–Trinajstić information content (AvgIpc) is 2.90. The minimum absolute atomic E-state index is 0.123. The van der Waals surface area contributed by atoms with Crippen LogP contribution in [0.25, 0.3) is 16.9 Å². The zero-order valence-corrected chi connectivity index (χ0v) is 13.4. The van der Waals surface area contributed by atoms with Gasteiger partial charge < -0.3 is 9.12 Å². The first-order valence-corrected chi connectivity index (χ1v) is 8.42. The van der Waals surface area contributed by atoms with Crippen LogP contribution in [0.4, 0.5) is 4.39 Å². The van der Waals surface area contributed by atoms with Crippen molar-refractivity contribution in [3.05, 3.63) is 77.7 Å². The van der Waals surface area contributed by atoms with Crippen LogP contribution in [0.5, 0.6) is 0 Å². The first-order valence-electron chi connectivity index (χ1n) is 7.14. The van der Waals surface area contributed by atoms with Gasteiger partial charge in [-0.2, -0.15) is 0 Å². The maximum Gasteiger partial charge on any atom is 0.157 e. The largest absolute Gasteiger partial charge is 0.316 e. The third-order valence-electron chi connectivity index (χ3n) is 3.60. The Labute approximate surface area is 136 Å². The second-order valence-corrected chi connectivity index (χ2v) is 6.34. The molecular formula is C18H16FNO2S. The SMILES string of the molecule is Cc1cc(-c2ccc(CS(=O)O)cc2)n(-c2ccc(F)cc2)c1. The maximum atomic E-state index is 13.1. The molecule has 3 rings (SSSR count). The minimum Gasteiger partial charge on any atom is -0.316 e. The topological polar surface area (TPSA) is 42.2 Å². The van der Waals surface area contributed by atoms with Gasteiger partial charge in [-0.25, -0.2) is 8.60 Å². The number of hydrogen-bond acceptors (Lipinski definition) is 1. The number of benzene rings is 2. The van der Waals surface area contributed by atoms with E-state index in [0.29, 0.717) is 0 Å². The van der Waals surface area contributed by atoms with E-state index in [1.54, 1.807) is 12.1 Å². The summed E-state index contributed by atoms with van der Waals surface area (Å²) in [5, 5.41) is 0. The van der Waals surface area contributed by atoms with Gasteiger partial charge in [-0.05, 0) is 53.9 Å². The van der Waals surface area contributed by atoms with E-state index in [4.69, 9.17) is 4.55 Å². The highest BCUT2D eigenvalue weighted by Gasteiger charge is 2.09. The van der Waals surface area contributed by atoms with Gasteiger partial charge >= 0.3 is 0 Å². The summed E-state index contributed by atoms with van der Waals surface area (Å²) in [6.45, 7) is 2.01. The van der Waals surface area contributed by atoms with E-state index < -0.39 is 11.1 Å². The van der Waals surface area contributed by atoms with Gasteiger partial charge in [0.05, 0.1) is 11.4 Å². The highest BCUT2D eigenvalue weighted by Crippen LogP contribution is 2.26. The van der Waals surface area contributed by atoms with Crippen molar-refractivity contribution in [2.75, 3.05) is 0 Å². The summed E-state index contributed by atoms with van der Waals surface area (Å²) < 4.78 is 35.0. The van der Waals surface area contributed by atoms with Crippen molar-refractivity contribution in [1.82, 2.24) is 4.57 Å². The number of hydrogen-bond donors (Lipinski definition) is 1. The highest BCUT2D eigenvalue weighted by molar-refractivity contribution is 7.78. The Balaban J connectivity index is 2.00. The summed E-state index contributed by atoms with van der Waals surface area (Å²) in [6.07, 6.45) is 2.00. The van der Waals surface area contributed by atoms with Gasteiger partial charge in [0.2, 0.25) is 0 Å². The lowest BCUT2D eigenvalue weighted by Crippen LogP contribution is -1.96. The Kier molecular flexibility index (Phi) is 4.41. The summed E-state index contributed by atoms with van der Waals surface area (Å²) in [4.78, 5) is 0. The van der Waals surface area contributed by atoms with Crippen molar-refractivity contribution in [2.24, 2.45) is 0 Å². The van der Waals surface area contributed by atoms with Crippen LogP contribution < -0.4 is 0 Å². The van der Waals surface area contributed by atoms with Gasteiger partial charge in [-0.3, -0.25) is 0 Å². The molecule has 2 aromatic carbocycles. The summed E-state index contributed by atoms with van der Waals surface area (Å²) in [7, 11) is 0. The van der Waals surface area contributed by atoms with Crippen LogP contribution in [-0.4, -0.2) is 13.3 Å². The van der Waals surface area contributed by atoms with Crippen LogP contribution in [0.2, 0.25) is 0 Å². The Hall–Kier alpha value is -2.24. The lowest BCUT2D eigenvalue weighted by atomic mass is 10.1. The van der Waals surface area contributed by atoms with Crippen LogP contribution in [0.3, 0.4) is 0 Å². The molecule has 0 amide bonds. The molecule has 0 spiro atoms. The minimum atomic E-state index is -1.84. The predicted molar refractivity (Wildman–Crippen MR) is 90.4 cm³/mol. The third kappa shape index (κ3) is 3.57. The van der Waals surface area contributed by atoms with Gasteiger partial charge in [0, 0.05) is 11.9 Å². The normalized spacial score (nSPS) is 12.3. The predicted octanol–water partition coefficient (Wildman–Crippen LogP) is 4.31. The number of aryl methyl sites for hydroxylation is 1. The van der Waals surface area contributed by atoms with Gasteiger partial charge in [0.1, 0.15) is 5.82 Å². The molecule has 3 aromatic rings. The van der Waals surface area contributed by atoms with Crippen LogP contribution in [-0.2, 0) is 16.8 Å². The Morgan fingerprint density at radius 2 is 1.74 bits per heavy atom. The second-order valence-electron chi connectivity index (χ2n) is 5.41. The Bertz CT molecular complexity index is 838. The van der Waals surface area contributed by atoms with E-state index in [0.717, 1.165) is 28.1 Å². The van der Waals surface area contributed by atoms with E-state index in [-0.39, 0.29) is 11.6 Å². The third-order valence-corrected chi connectivity index (χ3v) is 4.18. The molecule has 0 aliphatic rings. The van der Waals surface area contributed by atoms with Crippen molar-refractivity contribution in [3.63, 3.8) is 0 Å². The zero-order chi connectivity index (χ0) is 16.4. The average molecular weight is 329 g/mol. The number of halogens is 1. The van der Waals surface area contributed by atoms with Crippen molar-refractivity contribution in [1.29, 1.82) is 0 Å². The van der Waals surface area contributed by atoms with Gasteiger partial charge in [0.25, 0.3) is 0 Å². The highest BCUT2D eigenvalue weighted by atomic mass is 32.2. The van der Waals surface area contributed by atoms with Crippen molar-refractivity contribution in [2.45, 2.75) is 12.7 Å². The molecule has 3 nitrogen and oxygen atoms in total. The molecule has 1 heterocycles. The molecule has 0 bridgehead atoms. The van der Waals surface area contributed by atoms with Gasteiger partial charge in [0.15, 0.2) is 11.1 Å². The summed E-state index contributed by atoms with van der Waals surface area (Å²) >= 11 is -1.84. The lowest BCUT2D eigenvalue weighted by molar-refractivity contribution is 0.563. The Morgan fingerprint density at radius 1 is 1.09 bits per heavy atom. The summed E-state index contributed by atoms with van der Waals surface area (Å²) in [5.41, 5.74) is 4.78. The summed E-state index contributed by atoms with van der Waals surface area (Å²) in [5.74, 6) is -0.140.